The Morgan fingerprint density at radius 1 is 1.29 bits per heavy atom. The highest BCUT2D eigenvalue weighted by Gasteiger charge is 1.62. The summed E-state index contributed by atoms with van der Waals surface area (Å²) in [6.07, 6.45) is 0. The van der Waals surface area contributed by atoms with E-state index < -0.39 is 0 Å². The van der Waals surface area contributed by atoms with Crippen LogP contribution >= 0.6 is 9.12 Å². The fourth-order valence-electron chi connectivity index (χ4n) is 0.250. The Morgan fingerprint density at radius 3 is 1.57 bits per heavy atom. The second-order valence-electron chi connectivity index (χ2n) is 0.957. The molecule has 0 bridgehead atoms. The van der Waals surface area contributed by atoms with Crippen LogP contribution in [0.2, 0.25) is 0 Å². The van der Waals surface area contributed by atoms with E-state index in [1.54, 1.807) is 0 Å². The number of nitrogens with one attached hydrogen (secondary N) is 1. The maximum absolute atomic E-state index is 7.94. The molecule has 1 N–H and O–H groups in total. The Labute approximate surface area is 46.9 Å². The van der Waals surface area contributed by atoms with Crippen molar-refractivity contribution in [2.75, 3.05) is 13.1 Å². The summed E-state index contributed by atoms with van der Waals surface area (Å²) >= 11 is 0. The van der Waals surface area contributed by atoms with Gasteiger partial charge in [-0.3, -0.25) is 4.57 Å². The van der Waals surface area contributed by atoms with Gasteiger partial charge in [-0.1, -0.05) is 13.8 Å². The largest absolute Gasteiger partial charge is 0.317 e. The molecule has 43 valence electrons. The van der Waals surface area contributed by atoms with Crippen LogP contribution < -0.4 is 5.32 Å². The average Bonchev–Trinajstić information content (AvgIpc) is 1.75. The summed E-state index contributed by atoms with van der Waals surface area (Å²) < 4.78 is 7.94. The van der Waals surface area contributed by atoms with Gasteiger partial charge in [-0.25, -0.2) is 0 Å². The van der Waals surface area contributed by atoms with Crippen LogP contribution in [0.4, 0.5) is 0 Å². The molecule has 3 heteroatoms. The fourth-order valence-corrected chi connectivity index (χ4v) is 0.250. The molecule has 2 nitrogen and oxygen atoms in total. The van der Waals surface area contributed by atoms with Gasteiger partial charge in [0.25, 0.3) is 9.12 Å². The zero-order valence-corrected chi connectivity index (χ0v) is 5.66. The summed E-state index contributed by atoms with van der Waals surface area (Å²) in [4.78, 5) is 0. The topological polar surface area (TPSA) is 29.1 Å². The first kappa shape index (κ1) is 10.1. The Hall–Kier alpha value is 0.0600. The Morgan fingerprint density at radius 2 is 1.57 bits per heavy atom. The second kappa shape index (κ2) is 16.6. The third kappa shape index (κ3) is 23.5. The molecule has 0 saturated carbocycles. The molecule has 0 aromatic heterocycles. The summed E-state index contributed by atoms with van der Waals surface area (Å²) in [5.74, 6) is 0. The van der Waals surface area contributed by atoms with Crippen molar-refractivity contribution < 1.29 is 4.57 Å². The molecular weight excluding hydrogens is 109 g/mol. The molecule has 0 fully saturated rings. The smallest absolute Gasteiger partial charge is 0.261 e. The summed E-state index contributed by atoms with van der Waals surface area (Å²) in [7, 11) is 2.28. The third-order valence-electron chi connectivity index (χ3n) is 0.500. The van der Waals surface area contributed by atoms with E-state index >= 15 is 0 Å². The van der Waals surface area contributed by atoms with Gasteiger partial charge in [0.15, 0.2) is 0 Å². The van der Waals surface area contributed by atoms with Crippen molar-refractivity contribution in [2.45, 2.75) is 13.8 Å². The van der Waals surface area contributed by atoms with Crippen LogP contribution in [-0.4, -0.2) is 13.1 Å². The van der Waals surface area contributed by atoms with E-state index in [9.17, 15) is 0 Å². The lowest BCUT2D eigenvalue weighted by atomic mass is 10.7. The van der Waals surface area contributed by atoms with Gasteiger partial charge in [0.1, 0.15) is 0 Å². The van der Waals surface area contributed by atoms with E-state index in [1.165, 1.54) is 0 Å². The van der Waals surface area contributed by atoms with E-state index in [1.807, 2.05) is 0 Å². The summed E-state index contributed by atoms with van der Waals surface area (Å²) in [6, 6.07) is 0. The first-order valence-electron chi connectivity index (χ1n) is 2.30. The first-order chi connectivity index (χ1) is 3.41. The van der Waals surface area contributed by atoms with Crippen molar-refractivity contribution in [1.29, 1.82) is 0 Å². The van der Waals surface area contributed by atoms with Crippen LogP contribution in [0.3, 0.4) is 0 Å². The minimum absolute atomic E-state index is 1.09. The lowest BCUT2D eigenvalue weighted by molar-refractivity contribution is 0.607. The van der Waals surface area contributed by atoms with Crippen molar-refractivity contribution in [3.63, 3.8) is 0 Å². The van der Waals surface area contributed by atoms with Crippen molar-refractivity contribution >= 4 is 9.12 Å². The van der Waals surface area contributed by atoms with Gasteiger partial charge in [-0.05, 0) is 13.1 Å². The standard InChI is InChI=1S/C4H11N.OP/c1-3-5-4-2;1-2/h5H,3-4H2,1-2H3;. The van der Waals surface area contributed by atoms with Crippen LogP contribution in [-0.2, 0) is 4.57 Å². The van der Waals surface area contributed by atoms with Gasteiger partial charge in [0.05, 0.1) is 0 Å². The monoisotopic (exact) mass is 120 g/mol. The summed E-state index contributed by atoms with van der Waals surface area (Å²) in [5.41, 5.74) is 0. The van der Waals surface area contributed by atoms with Gasteiger partial charge in [0, 0.05) is 0 Å². The lowest BCUT2D eigenvalue weighted by Crippen LogP contribution is -2.09. The molecule has 0 spiro atoms. The lowest BCUT2D eigenvalue weighted by Gasteiger charge is -1.86. The van der Waals surface area contributed by atoms with Crippen LogP contribution in [0, 0.1) is 0 Å². The Kier molecular flexibility index (Phi) is 24.0. The number of hydrogen-bond acceptors (Lipinski definition) is 2. The minimum atomic E-state index is 1.09. The second-order valence-corrected chi connectivity index (χ2v) is 0.957. The van der Waals surface area contributed by atoms with E-state index in [0.717, 1.165) is 13.1 Å². The van der Waals surface area contributed by atoms with Crippen LogP contribution in [0.15, 0.2) is 0 Å². The normalized spacial score (nSPS) is 6.57. The first-order valence-corrected chi connectivity index (χ1v) is 2.67. The molecule has 0 aliphatic carbocycles. The highest BCUT2D eigenvalue weighted by atomic mass is 31.0. The van der Waals surface area contributed by atoms with Crippen molar-refractivity contribution in [2.24, 2.45) is 0 Å². The van der Waals surface area contributed by atoms with Gasteiger partial charge in [0.2, 0.25) is 0 Å². The molecule has 0 amide bonds. The average molecular weight is 120 g/mol. The van der Waals surface area contributed by atoms with Crippen molar-refractivity contribution in [3.05, 3.63) is 0 Å². The summed E-state index contributed by atoms with van der Waals surface area (Å²) in [6.45, 7) is 6.39. The minimum Gasteiger partial charge on any atom is -0.317 e. The predicted octanol–water partition coefficient (Wildman–Crippen LogP) is 1.36. The molecule has 0 aromatic rings. The zero-order chi connectivity index (χ0) is 6.12. The molecule has 0 atom stereocenters. The Bertz CT molecular complexity index is 25.7. The van der Waals surface area contributed by atoms with Gasteiger partial charge in [-0.15, -0.1) is 0 Å². The van der Waals surface area contributed by atoms with Crippen LogP contribution in [0.1, 0.15) is 13.8 Å². The van der Waals surface area contributed by atoms with E-state index in [-0.39, 0.29) is 0 Å². The van der Waals surface area contributed by atoms with Gasteiger partial charge < -0.3 is 5.32 Å². The SMILES string of the molecule is CCNCC.O=[P]. The highest BCUT2D eigenvalue weighted by Crippen LogP contribution is 1.47. The molecule has 0 rings (SSSR count). The van der Waals surface area contributed by atoms with Crippen LogP contribution in [0.25, 0.3) is 0 Å². The molecule has 7 heavy (non-hydrogen) atoms. The fraction of sp³-hybridized carbons (Fsp3) is 1.00. The summed E-state index contributed by atoms with van der Waals surface area (Å²) in [5, 5.41) is 3.11. The predicted molar refractivity (Wildman–Crippen MR) is 31.8 cm³/mol. The van der Waals surface area contributed by atoms with Crippen molar-refractivity contribution in [3.8, 4) is 0 Å². The van der Waals surface area contributed by atoms with E-state index in [2.05, 4.69) is 28.3 Å². The maximum atomic E-state index is 7.94. The molecule has 0 heterocycles. The molecule has 0 aliphatic heterocycles. The number of hydrogen-bond donors (Lipinski definition) is 1. The molecule has 0 saturated heterocycles. The van der Waals surface area contributed by atoms with Gasteiger partial charge >= 0.3 is 0 Å². The van der Waals surface area contributed by atoms with E-state index in [4.69, 9.17) is 4.57 Å². The van der Waals surface area contributed by atoms with Crippen molar-refractivity contribution in [1.82, 2.24) is 5.32 Å². The quantitative estimate of drug-likeness (QED) is 0.557. The van der Waals surface area contributed by atoms with Gasteiger partial charge in [-0.2, -0.15) is 0 Å². The molecule has 0 aliphatic rings. The third-order valence-corrected chi connectivity index (χ3v) is 0.500. The number of rotatable bonds is 2. The Balaban J connectivity index is 0. The molecule has 0 aromatic carbocycles. The zero-order valence-electron chi connectivity index (χ0n) is 4.77. The van der Waals surface area contributed by atoms with E-state index in [0.29, 0.717) is 0 Å². The molecular formula is C4H11NOP. The maximum Gasteiger partial charge on any atom is 0.261 e. The molecule has 1 radical (unpaired) electrons. The van der Waals surface area contributed by atoms with Crippen LogP contribution in [0.5, 0.6) is 0 Å². The molecule has 0 unspecified atom stereocenters. The highest BCUT2D eigenvalue weighted by molar-refractivity contribution is 7.00.